The highest BCUT2D eigenvalue weighted by atomic mass is 32.2. The summed E-state index contributed by atoms with van der Waals surface area (Å²) < 4.78 is 39.8. The molecule has 0 aromatic heterocycles. The molecule has 2 aliphatic heterocycles. The van der Waals surface area contributed by atoms with Crippen LogP contribution >= 0.6 is 23.7 Å². The fourth-order valence-corrected chi connectivity index (χ4v) is 5.31. The molecule has 2 aromatic rings. The number of aliphatic imine (C=N–C) groups is 1. The Morgan fingerprint density at radius 1 is 1.16 bits per heavy atom. The summed E-state index contributed by atoms with van der Waals surface area (Å²) in [5.74, 6) is -0.446. The van der Waals surface area contributed by atoms with Crippen LogP contribution in [0, 0.1) is 5.41 Å². The largest absolute Gasteiger partial charge is 0.493 e. The third-order valence-electron chi connectivity index (χ3n) is 4.41. The van der Waals surface area contributed by atoms with Crippen LogP contribution in [0.15, 0.2) is 68.4 Å². The Labute approximate surface area is 193 Å². The van der Waals surface area contributed by atoms with Gasteiger partial charge < -0.3 is 8.92 Å². The summed E-state index contributed by atoms with van der Waals surface area (Å²) in [4.78, 5) is 18.0. The van der Waals surface area contributed by atoms with Crippen LogP contribution in [-0.2, 0) is 14.9 Å². The number of methoxy groups -OCH3 is 1. The summed E-state index contributed by atoms with van der Waals surface area (Å²) in [7, 11) is -2.67. The van der Waals surface area contributed by atoms with Crippen molar-refractivity contribution in [3.63, 3.8) is 0 Å². The Hall–Kier alpha value is -3.09. The molecule has 0 saturated carbocycles. The molecule has 9 nitrogen and oxygen atoms in total. The van der Waals surface area contributed by atoms with Crippen molar-refractivity contribution in [2.75, 3.05) is 13.4 Å². The zero-order valence-electron chi connectivity index (χ0n) is 16.8. The number of ether oxygens (including phenoxy) is 1. The number of carbonyl (C=O) groups excluding carboxylic acids is 1. The van der Waals surface area contributed by atoms with E-state index in [0.717, 1.165) is 11.9 Å². The molecule has 12 heteroatoms. The van der Waals surface area contributed by atoms with E-state index < -0.39 is 16.0 Å². The lowest BCUT2D eigenvalue weighted by Gasteiger charge is -2.23. The zero-order valence-corrected chi connectivity index (χ0v) is 19.3. The number of amides is 1. The molecule has 164 valence electrons. The number of benzene rings is 2. The van der Waals surface area contributed by atoms with Crippen molar-refractivity contribution in [1.29, 1.82) is 5.41 Å². The number of amidine groups is 3. The maximum absolute atomic E-state index is 12.5. The molecule has 32 heavy (non-hydrogen) atoms. The fraction of sp³-hybridized carbons (Fsp3) is 0.100. The maximum atomic E-state index is 12.5. The molecule has 0 atom stereocenters. The predicted octanol–water partition coefficient (Wildman–Crippen LogP) is 3.40. The second kappa shape index (κ2) is 8.81. The second-order valence-corrected chi connectivity index (χ2v) is 9.42. The summed E-state index contributed by atoms with van der Waals surface area (Å²) in [5.41, 5.74) is 0.582. The van der Waals surface area contributed by atoms with Crippen molar-refractivity contribution >= 4 is 62.0 Å². The van der Waals surface area contributed by atoms with E-state index in [1.807, 2.05) is 6.26 Å². The number of nitrogens with zero attached hydrogens (tertiary/aromatic N) is 3. The maximum Gasteiger partial charge on any atom is 0.339 e. The molecule has 0 radical (unpaired) electrons. The van der Waals surface area contributed by atoms with Crippen molar-refractivity contribution in [2.45, 2.75) is 4.90 Å². The highest BCUT2D eigenvalue weighted by molar-refractivity contribution is 8.18. The number of hydrogen-bond acceptors (Lipinski definition) is 9. The number of carbonyl (C=O) groups is 1. The summed E-state index contributed by atoms with van der Waals surface area (Å²) >= 11 is 2.39. The number of fused-ring (bicyclic) bond motifs is 1. The molecule has 2 aromatic carbocycles. The Morgan fingerprint density at radius 3 is 2.59 bits per heavy atom. The molecule has 0 fully saturated rings. The van der Waals surface area contributed by atoms with Gasteiger partial charge in [-0.2, -0.15) is 17.8 Å². The van der Waals surface area contributed by atoms with E-state index in [4.69, 9.17) is 14.3 Å². The van der Waals surface area contributed by atoms with Crippen molar-refractivity contribution in [3.05, 3.63) is 59.7 Å². The first-order chi connectivity index (χ1) is 15.3. The van der Waals surface area contributed by atoms with E-state index in [2.05, 4.69) is 9.39 Å². The molecule has 0 bridgehead atoms. The Morgan fingerprint density at radius 2 is 1.91 bits per heavy atom. The highest BCUT2D eigenvalue weighted by Gasteiger charge is 2.37. The molecule has 0 spiro atoms. The topological polar surface area (TPSA) is 121 Å². The van der Waals surface area contributed by atoms with Gasteiger partial charge in [-0.1, -0.05) is 36.0 Å². The lowest BCUT2D eigenvalue weighted by molar-refractivity contribution is -0.114. The van der Waals surface area contributed by atoms with Gasteiger partial charge in [0.1, 0.15) is 10.7 Å². The van der Waals surface area contributed by atoms with Crippen molar-refractivity contribution in [3.8, 4) is 11.5 Å². The SMILES string of the molecule is COc1cc(/C=C2/C(=N)N3C(SC)=NSC3=NC2=O)ccc1OS(=O)(=O)c1ccccc1. The predicted molar refractivity (Wildman–Crippen MR) is 126 cm³/mol. The summed E-state index contributed by atoms with van der Waals surface area (Å²) in [6.45, 7) is 0. The van der Waals surface area contributed by atoms with Gasteiger partial charge in [0.2, 0.25) is 5.17 Å². The highest BCUT2D eigenvalue weighted by Crippen LogP contribution is 2.34. The minimum atomic E-state index is -4.05. The van der Waals surface area contributed by atoms with Crippen LogP contribution in [0.25, 0.3) is 6.08 Å². The molecule has 4 rings (SSSR count). The lowest BCUT2D eigenvalue weighted by atomic mass is 10.1. The first kappa shape index (κ1) is 22.1. The van der Waals surface area contributed by atoms with Crippen molar-refractivity contribution in [2.24, 2.45) is 9.39 Å². The molecule has 0 unspecified atom stereocenters. The quantitative estimate of drug-likeness (QED) is 0.386. The molecule has 2 aliphatic rings. The zero-order chi connectivity index (χ0) is 22.9. The normalized spacial score (nSPS) is 17.2. The van der Waals surface area contributed by atoms with Gasteiger partial charge in [0.25, 0.3) is 5.91 Å². The average molecular weight is 489 g/mol. The van der Waals surface area contributed by atoms with E-state index in [9.17, 15) is 13.2 Å². The molecular formula is C20H16N4O5S3. The lowest BCUT2D eigenvalue weighted by Crippen LogP contribution is -2.41. The van der Waals surface area contributed by atoms with Gasteiger partial charge in [0.15, 0.2) is 16.7 Å². The van der Waals surface area contributed by atoms with E-state index in [0.29, 0.717) is 15.9 Å². The van der Waals surface area contributed by atoms with E-state index in [1.54, 1.807) is 24.3 Å². The van der Waals surface area contributed by atoms with Gasteiger partial charge in [-0.15, -0.1) is 0 Å². The number of thioether (sulfide) groups is 1. The summed E-state index contributed by atoms with van der Waals surface area (Å²) in [6.07, 6.45) is 3.31. The van der Waals surface area contributed by atoms with Crippen molar-refractivity contribution in [1.82, 2.24) is 4.90 Å². The summed E-state index contributed by atoms with van der Waals surface area (Å²) in [6, 6.07) is 12.3. The first-order valence-corrected chi connectivity index (χ1v) is 12.4. The third kappa shape index (κ3) is 4.16. The van der Waals surface area contributed by atoms with E-state index >= 15 is 0 Å². The van der Waals surface area contributed by atoms with Gasteiger partial charge in [-0.05, 0) is 42.2 Å². The first-order valence-electron chi connectivity index (χ1n) is 9.04. The second-order valence-electron chi connectivity index (χ2n) is 6.37. The van der Waals surface area contributed by atoms with Crippen LogP contribution in [0.5, 0.6) is 11.5 Å². The van der Waals surface area contributed by atoms with Gasteiger partial charge in [0, 0.05) is 0 Å². The van der Waals surface area contributed by atoms with Gasteiger partial charge in [-0.3, -0.25) is 10.2 Å². The Balaban J connectivity index is 1.65. The smallest absolute Gasteiger partial charge is 0.339 e. The molecule has 1 amide bonds. The molecule has 1 N–H and O–H groups in total. The Bertz CT molecular complexity index is 1300. The third-order valence-corrected chi connectivity index (χ3v) is 7.11. The standard InChI is InChI=1S/C20H16N4O5S3/c1-28-16-11-12(8-9-15(16)29-32(26,27)13-6-4-3-5-7-13)10-14-17(21)24-19(22-18(14)25)31-23-20(24)30-2/h3-11,21H,1-2H3/b14-10-,21-17?. The minimum absolute atomic E-state index is 0.00315. The van der Waals surface area contributed by atoms with Crippen LogP contribution in [-0.4, -0.2) is 48.8 Å². The van der Waals surface area contributed by atoms with Crippen molar-refractivity contribution < 1.29 is 22.1 Å². The fourth-order valence-electron chi connectivity index (χ4n) is 2.90. The van der Waals surface area contributed by atoms with Crippen LogP contribution in [0.2, 0.25) is 0 Å². The number of rotatable bonds is 5. The number of nitrogens with one attached hydrogen (secondary N) is 1. The monoisotopic (exact) mass is 488 g/mol. The van der Waals surface area contributed by atoms with Crippen LogP contribution < -0.4 is 8.92 Å². The molecule has 0 saturated heterocycles. The van der Waals surface area contributed by atoms with Crippen LogP contribution in [0.1, 0.15) is 5.56 Å². The molecule has 0 aliphatic carbocycles. The summed E-state index contributed by atoms with van der Waals surface area (Å²) in [5, 5.41) is 9.36. The molecular weight excluding hydrogens is 472 g/mol. The van der Waals surface area contributed by atoms with Crippen LogP contribution in [0.3, 0.4) is 0 Å². The van der Waals surface area contributed by atoms with E-state index in [1.165, 1.54) is 54.1 Å². The Kier molecular flexibility index (Phi) is 6.09. The average Bonchev–Trinajstić information content (AvgIpc) is 3.20. The molecule has 2 heterocycles. The van der Waals surface area contributed by atoms with Gasteiger partial charge in [0.05, 0.1) is 24.6 Å². The minimum Gasteiger partial charge on any atom is -0.493 e. The van der Waals surface area contributed by atoms with Gasteiger partial charge >= 0.3 is 10.1 Å². The number of hydrogen-bond donors (Lipinski definition) is 1. The van der Waals surface area contributed by atoms with Gasteiger partial charge in [-0.25, -0.2) is 4.90 Å². The van der Waals surface area contributed by atoms with Crippen LogP contribution in [0.4, 0.5) is 0 Å². The van der Waals surface area contributed by atoms with E-state index in [-0.39, 0.29) is 27.8 Å².